The first-order valence-electron chi connectivity index (χ1n) is 3.92. The largest absolute Gasteiger partial charge is 0.468 e. The number of ether oxygens (including phenoxy) is 1. The number of hydrogen-bond acceptors (Lipinski definition) is 3. The summed E-state index contributed by atoms with van der Waals surface area (Å²) in [4.78, 5) is 11.2. The second-order valence-electron chi connectivity index (χ2n) is 2.64. The molecule has 0 spiro atoms. The lowest BCUT2D eigenvalue weighted by molar-refractivity contribution is -0.140. The molecule has 0 saturated carbocycles. The van der Waals surface area contributed by atoms with Crippen LogP contribution < -0.4 is 0 Å². The quantitative estimate of drug-likeness (QED) is 0.701. The Morgan fingerprint density at radius 2 is 2.36 bits per heavy atom. The highest BCUT2D eigenvalue weighted by Crippen LogP contribution is 2.20. The number of benzene rings is 1. The molecule has 0 radical (unpaired) electrons. The number of rotatable bonds is 2. The molecule has 0 aromatic heterocycles. The fourth-order valence-corrected chi connectivity index (χ4v) is 1.27. The molecule has 1 rings (SSSR count). The molecule has 0 aliphatic heterocycles. The van der Waals surface area contributed by atoms with Crippen LogP contribution in [0.1, 0.15) is 11.5 Å². The van der Waals surface area contributed by atoms with Crippen LogP contribution in [-0.4, -0.2) is 13.1 Å². The highest BCUT2D eigenvalue weighted by molar-refractivity contribution is 6.30. The molecule has 1 aromatic rings. The zero-order chi connectivity index (χ0) is 10.6. The third-order valence-electron chi connectivity index (χ3n) is 1.75. The lowest BCUT2D eigenvalue weighted by Gasteiger charge is -2.06. The van der Waals surface area contributed by atoms with Crippen LogP contribution in [0.25, 0.3) is 0 Å². The molecular weight excluding hydrogens is 202 g/mol. The monoisotopic (exact) mass is 209 g/mol. The molecule has 1 atom stereocenters. The number of esters is 1. The van der Waals surface area contributed by atoms with Gasteiger partial charge < -0.3 is 4.74 Å². The standard InChI is InChI=1S/C10H8ClNO2/c1-14-10(13)9(6-12)7-3-2-4-8(11)5-7/h2-5,9H,1H3/t9-/m0/s1. The van der Waals surface area contributed by atoms with Crippen molar-refractivity contribution in [3.05, 3.63) is 34.9 Å². The van der Waals surface area contributed by atoms with Gasteiger partial charge in [-0.15, -0.1) is 0 Å². The van der Waals surface area contributed by atoms with E-state index in [9.17, 15) is 4.79 Å². The maximum Gasteiger partial charge on any atom is 0.327 e. The van der Waals surface area contributed by atoms with Gasteiger partial charge in [0.2, 0.25) is 0 Å². The van der Waals surface area contributed by atoms with E-state index in [1.165, 1.54) is 7.11 Å². The third-order valence-corrected chi connectivity index (χ3v) is 1.98. The summed E-state index contributed by atoms with van der Waals surface area (Å²) in [5, 5.41) is 9.27. The second kappa shape index (κ2) is 4.64. The van der Waals surface area contributed by atoms with Gasteiger partial charge in [0.05, 0.1) is 13.2 Å². The maximum absolute atomic E-state index is 11.2. The Balaban J connectivity index is 3.02. The summed E-state index contributed by atoms with van der Waals surface area (Å²) in [6, 6.07) is 8.47. The normalized spacial score (nSPS) is 11.5. The predicted octanol–water partition coefficient (Wildman–Crippen LogP) is 2.12. The van der Waals surface area contributed by atoms with Crippen molar-refractivity contribution in [3.63, 3.8) is 0 Å². The maximum atomic E-state index is 11.2. The van der Waals surface area contributed by atoms with Gasteiger partial charge in [0.25, 0.3) is 0 Å². The van der Waals surface area contributed by atoms with Crippen LogP contribution >= 0.6 is 11.6 Å². The average molecular weight is 210 g/mol. The predicted molar refractivity (Wildman–Crippen MR) is 51.8 cm³/mol. The van der Waals surface area contributed by atoms with Crippen LogP contribution in [0.3, 0.4) is 0 Å². The molecule has 0 unspecified atom stereocenters. The molecule has 14 heavy (non-hydrogen) atoms. The molecule has 0 bridgehead atoms. The minimum Gasteiger partial charge on any atom is -0.468 e. The molecule has 0 N–H and O–H groups in total. The summed E-state index contributed by atoms with van der Waals surface area (Å²) in [5.74, 6) is -1.48. The van der Waals surface area contributed by atoms with E-state index in [0.29, 0.717) is 10.6 Å². The summed E-state index contributed by atoms with van der Waals surface area (Å²) in [5.41, 5.74) is 0.548. The van der Waals surface area contributed by atoms with Gasteiger partial charge in [-0.25, -0.2) is 0 Å². The fourth-order valence-electron chi connectivity index (χ4n) is 1.07. The Morgan fingerprint density at radius 3 is 2.86 bits per heavy atom. The highest BCUT2D eigenvalue weighted by Gasteiger charge is 2.20. The van der Waals surface area contributed by atoms with Gasteiger partial charge >= 0.3 is 5.97 Å². The zero-order valence-corrected chi connectivity index (χ0v) is 8.28. The smallest absolute Gasteiger partial charge is 0.327 e. The van der Waals surface area contributed by atoms with Crippen molar-refractivity contribution in [2.24, 2.45) is 0 Å². The number of carbonyl (C=O) groups is 1. The molecular formula is C10H8ClNO2. The molecule has 72 valence electrons. The minimum absolute atomic E-state index is 0.492. The first kappa shape index (κ1) is 10.6. The first-order valence-corrected chi connectivity index (χ1v) is 4.29. The van der Waals surface area contributed by atoms with E-state index in [-0.39, 0.29) is 0 Å². The van der Waals surface area contributed by atoms with E-state index in [2.05, 4.69) is 4.74 Å². The Hall–Kier alpha value is -1.53. The topological polar surface area (TPSA) is 50.1 Å². The van der Waals surface area contributed by atoms with Crippen LogP contribution in [0.2, 0.25) is 5.02 Å². The van der Waals surface area contributed by atoms with Gasteiger partial charge in [0.15, 0.2) is 5.92 Å². The number of nitriles is 1. The number of methoxy groups -OCH3 is 1. The molecule has 0 heterocycles. The van der Waals surface area contributed by atoms with E-state index >= 15 is 0 Å². The van der Waals surface area contributed by atoms with E-state index in [4.69, 9.17) is 16.9 Å². The van der Waals surface area contributed by atoms with Gasteiger partial charge in [-0.2, -0.15) is 5.26 Å². The van der Waals surface area contributed by atoms with Crippen molar-refractivity contribution in [1.82, 2.24) is 0 Å². The Bertz CT molecular complexity index is 384. The highest BCUT2D eigenvalue weighted by atomic mass is 35.5. The minimum atomic E-state index is -0.904. The van der Waals surface area contributed by atoms with Gasteiger partial charge in [0, 0.05) is 5.02 Å². The number of halogens is 1. The molecule has 0 saturated heterocycles. The van der Waals surface area contributed by atoms with Gasteiger partial charge in [-0.1, -0.05) is 23.7 Å². The van der Waals surface area contributed by atoms with Crippen LogP contribution in [0, 0.1) is 11.3 Å². The van der Waals surface area contributed by atoms with Crippen molar-refractivity contribution < 1.29 is 9.53 Å². The van der Waals surface area contributed by atoms with Crippen molar-refractivity contribution in [3.8, 4) is 6.07 Å². The average Bonchev–Trinajstić information content (AvgIpc) is 2.19. The Morgan fingerprint density at radius 1 is 1.64 bits per heavy atom. The number of nitrogens with zero attached hydrogens (tertiary/aromatic N) is 1. The summed E-state index contributed by atoms with van der Waals surface area (Å²) in [7, 11) is 1.25. The molecule has 3 nitrogen and oxygen atoms in total. The summed E-state index contributed by atoms with van der Waals surface area (Å²) in [6.07, 6.45) is 0. The second-order valence-corrected chi connectivity index (χ2v) is 3.08. The van der Waals surface area contributed by atoms with Crippen LogP contribution in [0.15, 0.2) is 24.3 Å². The van der Waals surface area contributed by atoms with Crippen molar-refractivity contribution in [2.75, 3.05) is 7.11 Å². The van der Waals surface area contributed by atoms with E-state index in [1.54, 1.807) is 24.3 Å². The lowest BCUT2D eigenvalue weighted by atomic mass is 10.0. The van der Waals surface area contributed by atoms with Crippen molar-refractivity contribution in [2.45, 2.75) is 5.92 Å². The van der Waals surface area contributed by atoms with Crippen molar-refractivity contribution in [1.29, 1.82) is 5.26 Å². The van der Waals surface area contributed by atoms with Crippen LogP contribution in [0.5, 0.6) is 0 Å². The van der Waals surface area contributed by atoms with E-state index in [0.717, 1.165) is 0 Å². The molecule has 0 amide bonds. The number of hydrogen-bond donors (Lipinski definition) is 0. The Kier molecular flexibility index (Phi) is 3.49. The summed E-state index contributed by atoms with van der Waals surface area (Å²) >= 11 is 5.73. The third kappa shape index (κ3) is 2.24. The Labute approximate surface area is 86.9 Å². The van der Waals surface area contributed by atoms with Crippen molar-refractivity contribution >= 4 is 17.6 Å². The molecule has 0 aliphatic carbocycles. The molecule has 0 aliphatic rings. The zero-order valence-electron chi connectivity index (χ0n) is 7.53. The van der Waals surface area contributed by atoms with E-state index in [1.807, 2.05) is 6.07 Å². The first-order chi connectivity index (χ1) is 6.69. The van der Waals surface area contributed by atoms with E-state index < -0.39 is 11.9 Å². The van der Waals surface area contributed by atoms with Crippen LogP contribution in [0.4, 0.5) is 0 Å². The molecule has 0 fully saturated rings. The van der Waals surface area contributed by atoms with Gasteiger partial charge in [-0.3, -0.25) is 4.79 Å². The number of carbonyl (C=O) groups excluding carboxylic acids is 1. The van der Waals surface area contributed by atoms with Gasteiger partial charge in [-0.05, 0) is 17.7 Å². The van der Waals surface area contributed by atoms with Crippen LogP contribution in [-0.2, 0) is 9.53 Å². The summed E-state index contributed by atoms with van der Waals surface area (Å²) < 4.78 is 4.49. The molecule has 1 aromatic carbocycles. The van der Waals surface area contributed by atoms with Gasteiger partial charge in [0.1, 0.15) is 0 Å². The molecule has 4 heteroatoms. The summed E-state index contributed by atoms with van der Waals surface area (Å²) in [6.45, 7) is 0. The SMILES string of the molecule is COC(=O)[C@@H](C#N)c1cccc(Cl)c1. The fraction of sp³-hybridized carbons (Fsp3) is 0.200. The lowest BCUT2D eigenvalue weighted by Crippen LogP contribution is -2.12.